The van der Waals surface area contributed by atoms with Crippen LogP contribution in [0.5, 0.6) is 0 Å². The molecule has 0 saturated heterocycles. The van der Waals surface area contributed by atoms with Gasteiger partial charge in [-0.15, -0.1) is 0 Å². The zero-order valence-corrected chi connectivity index (χ0v) is 12.9. The van der Waals surface area contributed by atoms with E-state index in [0.717, 1.165) is 10.9 Å². The van der Waals surface area contributed by atoms with E-state index >= 15 is 0 Å². The van der Waals surface area contributed by atoms with Crippen molar-refractivity contribution in [2.45, 2.75) is 47.5 Å². The molecule has 0 atom stereocenters. The maximum absolute atomic E-state index is 9.22. The fraction of sp³-hybridized carbons (Fsp3) is 0.533. The molecule has 0 unspecified atom stereocenters. The minimum absolute atomic E-state index is 0.333. The molecule has 104 valence electrons. The molecule has 2 N–H and O–H groups in total. The number of rotatable bonds is 2. The Morgan fingerprint density at radius 1 is 1.33 bits per heavy atom. The molecule has 1 amide bonds. The Morgan fingerprint density at radius 2 is 1.78 bits per heavy atom. The van der Waals surface area contributed by atoms with Crippen LogP contribution in [0.3, 0.4) is 0 Å². The third-order valence-corrected chi connectivity index (χ3v) is 2.61. The van der Waals surface area contributed by atoms with Crippen LogP contribution < -0.4 is 5.73 Å². The highest BCUT2D eigenvalue weighted by Crippen LogP contribution is 2.08. The Labute approximate surface area is 117 Å². The molecule has 3 heteroatoms. The van der Waals surface area contributed by atoms with E-state index in [-0.39, 0.29) is 5.91 Å². The topological polar surface area (TPSA) is 43.1 Å². The first-order chi connectivity index (χ1) is 8.33. The second-order valence-corrected chi connectivity index (χ2v) is 4.77. The largest absolute Gasteiger partial charge is 0.370 e. The summed E-state index contributed by atoms with van der Waals surface area (Å²) in [4.78, 5) is 9.22. The standard InChI is InChI=1S/C7H7Cl.C6H14.C2H5NO/c1-6-3-2-4-7(8)5-6;1-4-6(3)5-2;1-2(3)4/h2-5H,1H3;6H,4-5H2,1-3H3;1H3,(H2,3,4). The van der Waals surface area contributed by atoms with Crippen LogP contribution in [0.15, 0.2) is 24.3 Å². The fourth-order valence-electron chi connectivity index (χ4n) is 0.894. The molecule has 0 fully saturated rings. The number of hydrogen-bond donors (Lipinski definition) is 1. The van der Waals surface area contributed by atoms with E-state index in [2.05, 4.69) is 26.5 Å². The number of carbonyl (C=O) groups excluding carboxylic acids is 1. The summed E-state index contributed by atoms with van der Waals surface area (Å²) < 4.78 is 0. The zero-order chi connectivity index (χ0) is 14.6. The summed E-state index contributed by atoms with van der Waals surface area (Å²) in [5.41, 5.74) is 5.68. The predicted molar refractivity (Wildman–Crippen MR) is 80.8 cm³/mol. The van der Waals surface area contributed by atoms with E-state index in [1.807, 2.05) is 31.2 Å². The van der Waals surface area contributed by atoms with Gasteiger partial charge in [0, 0.05) is 11.9 Å². The van der Waals surface area contributed by atoms with Crippen LogP contribution in [0.4, 0.5) is 0 Å². The number of primary amides is 1. The summed E-state index contributed by atoms with van der Waals surface area (Å²) in [5, 5.41) is 0.810. The molecular formula is C15H26ClNO. The van der Waals surface area contributed by atoms with Gasteiger partial charge in [0.05, 0.1) is 0 Å². The number of amides is 1. The van der Waals surface area contributed by atoms with Crippen molar-refractivity contribution in [1.29, 1.82) is 0 Å². The maximum atomic E-state index is 9.22. The third kappa shape index (κ3) is 17.4. The van der Waals surface area contributed by atoms with Crippen LogP contribution in [0.2, 0.25) is 5.02 Å². The molecule has 2 nitrogen and oxygen atoms in total. The van der Waals surface area contributed by atoms with Crippen LogP contribution in [-0.2, 0) is 4.79 Å². The van der Waals surface area contributed by atoms with Crippen molar-refractivity contribution in [2.24, 2.45) is 11.7 Å². The second kappa shape index (κ2) is 12.4. The summed E-state index contributed by atoms with van der Waals surface area (Å²) in [7, 11) is 0. The van der Waals surface area contributed by atoms with Gasteiger partial charge in [0.15, 0.2) is 0 Å². The lowest BCUT2D eigenvalue weighted by atomic mass is 10.1. The van der Waals surface area contributed by atoms with Crippen molar-refractivity contribution in [1.82, 2.24) is 0 Å². The number of aryl methyl sites for hydroxylation is 1. The number of benzene rings is 1. The summed E-state index contributed by atoms with van der Waals surface area (Å²) >= 11 is 5.64. The summed E-state index contributed by atoms with van der Waals surface area (Å²) in [5.74, 6) is 0.602. The van der Waals surface area contributed by atoms with Gasteiger partial charge >= 0.3 is 0 Å². The highest BCUT2D eigenvalue weighted by molar-refractivity contribution is 6.30. The molecule has 0 aliphatic carbocycles. The van der Waals surface area contributed by atoms with E-state index in [9.17, 15) is 4.79 Å². The van der Waals surface area contributed by atoms with Crippen molar-refractivity contribution < 1.29 is 4.79 Å². The Balaban J connectivity index is 0. The minimum atomic E-state index is -0.333. The molecule has 18 heavy (non-hydrogen) atoms. The van der Waals surface area contributed by atoms with Crippen molar-refractivity contribution >= 4 is 17.5 Å². The molecule has 0 saturated carbocycles. The van der Waals surface area contributed by atoms with Gasteiger partial charge in [0.25, 0.3) is 0 Å². The van der Waals surface area contributed by atoms with Crippen molar-refractivity contribution in [3.8, 4) is 0 Å². The highest BCUT2D eigenvalue weighted by Gasteiger charge is 1.88. The van der Waals surface area contributed by atoms with Gasteiger partial charge in [-0.1, -0.05) is 57.3 Å². The second-order valence-electron chi connectivity index (χ2n) is 4.33. The Kier molecular flexibility index (Phi) is 13.4. The lowest BCUT2D eigenvalue weighted by Crippen LogP contribution is -2.01. The van der Waals surface area contributed by atoms with E-state index in [1.54, 1.807) is 0 Å². The van der Waals surface area contributed by atoms with Crippen LogP contribution in [-0.4, -0.2) is 5.91 Å². The van der Waals surface area contributed by atoms with Gasteiger partial charge in [-0.05, 0) is 30.5 Å². The Hall–Kier alpha value is -1.02. The van der Waals surface area contributed by atoms with Crippen LogP contribution in [0, 0.1) is 12.8 Å². The molecule has 0 heterocycles. The molecular weight excluding hydrogens is 246 g/mol. The molecule has 0 aliphatic heterocycles. The molecule has 0 aliphatic rings. The first kappa shape index (κ1) is 19.3. The van der Waals surface area contributed by atoms with Gasteiger partial charge < -0.3 is 5.73 Å². The third-order valence-electron chi connectivity index (χ3n) is 2.37. The summed E-state index contributed by atoms with van der Waals surface area (Å²) in [6.45, 7) is 10.1. The SMILES string of the molecule is CC(N)=O.CCC(C)CC.Cc1cccc(Cl)c1. The molecule has 0 spiro atoms. The average Bonchev–Trinajstić information content (AvgIpc) is 2.27. The van der Waals surface area contributed by atoms with Crippen LogP contribution >= 0.6 is 11.6 Å². The average molecular weight is 272 g/mol. The van der Waals surface area contributed by atoms with E-state index in [0.29, 0.717) is 0 Å². The predicted octanol–water partition coefficient (Wildman–Crippen LogP) is 4.58. The van der Waals surface area contributed by atoms with Crippen molar-refractivity contribution in [3.63, 3.8) is 0 Å². The molecule has 0 aromatic heterocycles. The summed E-state index contributed by atoms with van der Waals surface area (Å²) in [6, 6.07) is 7.76. The Bertz CT molecular complexity index is 301. The fourth-order valence-corrected chi connectivity index (χ4v) is 1.14. The van der Waals surface area contributed by atoms with Gasteiger partial charge in [0.2, 0.25) is 5.91 Å². The number of hydrogen-bond acceptors (Lipinski definition) is 1. The molecule has 0 bridgehead atoms. The lowest BCUT2D eigenvalue weighted by Gasteiger charge is -1.98. The zero-order valence-electron chi connectivity index (χ0n) is 12.2. The monoisotopic (exact) mass is 271 g/mol. The van der Waals surface area contributed by atoms with Gasteiger partial charge in [-0.3, -0.25) is 4.79 Å². The first-order valence-electron chi connectivity index (χ1n) is 6.31. The number of nitrogens with two attached hydrogens (primary N) is 1. The Morgan fingerprint density at radius 3 is 1.94 bits per heavy atom. The number of halogens is 1. The van der Waals surface area contributed by atoms with Gasteiger partial charge in [0.1, 0.15) is 0 Å². The quantitative estimate of drug-likeness (QED) is 0.840. The van der Waals surface area contributed by atoms with E-state index < -0.39 is 0 Å². The minimum Gasteiger partial charge on any atom is -0.370 e. The highest BCUT2D eigenvalue weighted by atomic mass is 35.5. The van der Waals surface area contributed by atoms with E-state index in [1.165, 1.54) is 25.3 Å². The normalized spacial score (nSPS) is 8.83. The smallest absolute Gasteiger partial charge is 0.214 e. The van der Waals surface area contributed by atoms with E-state index in [4.69, 9.17) is 11.6 Å². The van der Waals surface area contributed by atoms with Crippen molar-refractivity contribution in [2.75, 3.05) is 0 Å². The maximum Gasteiger partial charge on any atom is 0.214 e. The molecule has 1 aromatic carbocycles. The van der Waals surface area contributed by atoms with Gasteiger partial charge in [-0.2, -0.15) is 0 Å². The van der Waals surface area contributed by atoms with Gasteiger partial charge in [-0.25, -0.2) is 0 Å². The van der Waals surface area contributed by atoms with Crippen molar-refractivity contribution in [3.05, 3.63) is 34.9 Å². The molecule has 0 radical (unpaired) electrons. The van der Waals surface area contributed by atoms with Crippen LogP contribution in [0.1, 0.15) is 46.1 Å². The lowest BCUT2D eigenvalue weighted by molar-refractivity contribution is -0.115. The number of carbonyl (C=O) groups is 1. The van der Waals surface area contributed by atoms with Crippen LogP contribution in [0.25, 0.3) is 0 Å². The summed E-state index contributed by atoms with van der Waals surface area (Å²) in [6.07, 6.45) is 2.66. The first-order valence-corrected chi connectivity index (χ1v) is 6.69. The molecule has 1 rings (SSSR count). The molecule has 1 aromatic rings.